The fourth-order valence-electron chi connectivity index (χ4n) is 2.30. The zero-order chi connectivity index (χ0) is 16.1. The monoisotopic (exact) mass is 307 g/mol. The molecule has 1 heterocycles. The number of guanidine groups is 1. The molecule has 0 bridgehead atoms. The average molecular weight is 307 g/mol. The lowest BCUT2D eigenvalue weighted by atomic mass is 10.1. The van der Waals surface area contributed by atoms with Crippen molar-refractivity contribution < 1.29 is 13.5 Å². The number of hydrogen-bond donors (Lipinski definition) is 2. The van der Waals surface area contributed by atoms with Gasteiger partial charge in [0.05, 0.1) is 13.2 Å². The van der Waals surface area contributed by atoms with Gasteiger partial charge in [0.1, 0.15) is 17.2 Å². The molecule has 0 spiro atoms. The van der Waals surface area contributed by atoms with Crippen LogP contribution in [0.2, 0.25) is 0 Å². The van der Waals surface area contributed by atoms with Crippen molar-refractivity contribution >= 4 is 16.9 Å². The van der Waals surface area contributed by atoms with Crippen molar-refractivity contribution in [3.05, 3.63) is 35.3 Å². The van der Waals surface area contributed by atoms with Crippen LogP contribution in [0.1, 0.15) is 18.2 Å². The summed E-state index contributed by atoms with van der Waals surface area (Å²) in [4.78, 5) is 4.16. The molecule has 0 aliphatic heterocycles. The fourth-order valence-corrected chi connectivity index (χ4v) is 2.30. The first-order valence-corrected chi connectivity index (χ1v) is 7.18. The predicted molar refractivity (Wildman–Crippen MR) is 85.6 cm³/mol. The van der Waals surface area contributed by atoms with Gasteiger partial charge in [0.2, 0.25) is 0 Å². The van der Waals surface area contributed by atoms with Crippen molar-refractivity contribution in [1.82, 2.24) is 10.6 Å². The Morgan fingerprint density at radius 3 is 2.91 bits per heavy atom. The third-order valence-electron chi connectivity index (χ3n) is 3.44. The molecule has 5 nitrogen and oxygen atoms in total. The number of aliphatic imine (C=N–C) groups is 1. The van der Waals surface area contributed by atoms with E-state index in [2.05, 4.69) is 15.6 Å². The molecule has 1 atom stereocenters. The molecule has 0 aliphatic carbocycles. The molecule has 1 aromatic heterocycles. The summed E-state index contributed by atoms with van der Waals surface area (Å²) in [6, 6.07) is 4.68. The summed E-state index contributed by atoms with van der Waals surface area (Å²) < 4.78 is 24.2. The number of furan rings is 1. The molecule has 120 valence electrons. The first kappa shape index (κ1) is 16.3. The lowest BCUT2D eigenvalue weighted by Gasteiger charge is -2.16. The van der Waals surface area contributed by atoms with E-state index in [1.807, 2.05) is 13.8 Å². The zero-order valence-corrected chi connectivity index (χ0v) is 13.4. The maximum absolute atomic E-state index is 13.3. The van der Waals surface area contributed by atoms with Gasteiger partial charge in [-0.1, -0.05) is 0 Å². The Morgan fingerprint density at radius 2 is 2.23 bits per heavy atom. The normalized spacial score (nSPS) is 13.4. The molecule has 2 aromatic rings. The second kappa shape index (κ2) is 7.26. The Balaban J connectivity index is 2.06. The number of benzene rings is 1. The van der Waals surface area contributed by atoms with Gasteiger partial charge in [-0.25, -0.2) is 4.39 Å². The Hall–Kier alpha value is -2.08. The van der Waals surface area contributed by atoms with Crippen molar-refractivity contribution in [3.63, 3.8) is 0 Å². The first-order valence-electron chi connectivity index (χ1n) is 7.18. The highest BCUT2D eigenvalue weighted by molar-refractivity contribution is 5.83. The summed E-state index contributed by atoms with van der Waals surface area (Å²) >= 11 is 0. The van der Waals surface area contributed by atoms with Crippen LogP contribution in [0.4, 0.5) is 4.39 Å². The number of nitrogens with one attached hydrogen (secondary N) is 2. The summed E-state index contributed by atoms with van der Waals surface area (Å²) in [7, 11) is 3.36. The molecular formula is C16H22FN3O2. The van der Waals surface area contributed by atoms with Gasteiger partial charge in [0, 0.05) is 31.1 Å². The summed E-state index contributed by atoms with van der Waals surface area (Å²) in [5.74, 6) is 1.17. The Kier molecular flexibility index (Phi) is 5.38. The molecule has 0 fully saturated rings. The van der Waals surface area contributed by atoms with Gasteiger partial charge in [-0.3, -0.25) is 4.99 Å². The molecule has 2 rings (SSSR count). The number of halogens is 1. The third-order valence-corrected chi connectivity index (χ3v) is 3.44. The minimum atomic E-state index is -0.262. The number of rotatable bonds is 5. The highest BCUT2D eigenvalue weighted by Gasteiger charge is 2.12. The van der Waals surface area contributed by atoms with E-state index in [1.165, 1.54) is 12.1 Å². The summed E-state index contributed by atoms with van der Waals surface area (Å²) in [6.45, 7) is 4.99. The smallest absolute Gasteiger partial charge is 0.191 e. The molecule has 1 unspecified atom stereocenters. The maximum Gasteiger partial charge on any atom is 0.191 e. The summed E-state index contributed by atoms with van der Waals surface area (Å²) in [5.41, 5.74) is 1.62. The topological polar surface area (TPSA) is 58.8 Å². The molecule has 1 aromatic carbocycles. The van der Waals surface area contributed by atoms with Crippen molar-refractivity contribution in [2.45, 2.75) is 26.4 Å². The van der Waals surface area contributed by atoms with E-state index in [-0.39, 0.29) is 11.9 Å². The van der Waals surface area contributed by atoms with Crippen LogP contribution in [0.15, 0.2) is 27.6 Å². The zero-order valence-electron chi connectivity index (χ0n) is 13.4. The number of fused-ring (bicyclic) bond motifs is 1. The second-order valence-corrected chi connectivity index (χ2v) is 5.22. The van der Waals surface area contributed by atoms with Crippen LogP contribution in [0.5, 0.6) is 0 Å². The number of hydrogen-bond acceptors (Lipinski definition) is 3. The van der Waals surface area contributed by atoms with E-state index in [9.17, 15) is 4.39 Å². The average Bonchev–Trinajstić information content (AvgIpc) is 2.80. The van der Waals surface area contributed by atoms with Gasteiger partial charge < -0.3 is 19.8 Å². The molecule has 0 saturated carbocycles. The van der Waals surface area contributed by atoms with Crippen molar-refractivity contribution in [3.8, 4) is 0 Å². The highest BCUT2D eigenvalue weighted by atomic mass is 19.1. The minimum absolute atomic E-state index is 0.141. The van der Waals surface area contributed by atoms with Crippen LogP contribution in [0.3, 0.4) is 0 Å². The molecule has 0 saturated heterocycles. The van der Waals surface area contributed by atoms with Crippen LogP contribution in [0.25, 0.3) is 11.0 Å². The van der Waals surface area contributed by atoms with Crippen LogP contribution in [-0.4, -0.2) is 32.8 Å². The molecule has 6 heteroatoms. The first-order chi connectivity index (χ1) is 10.5. The van der Waals surface area contributed by atoms with Crippen molar-refractivity contribution in [2.75, 3.05) is 20.8 Å². The molecule has 0 aliphatic rings. The van der Waals surface area contributed by atoms with E-state index in [4.69, 9.17) is 9.15 Å². The van der Waals surface area contributed by atoms with E-state index in [1.54, 1.807) is 20.2 Å². The number of methoxy groups -OCH3 is 1. The van der Waals surface area contributed by atoms with Crippen molar-refractivity contribution in [1.29, 1.82) is 0 Å². The Morgan fingerprint density at radius 1 is 1.45 bits per heavy atom. The molecule has 0 radical (unpaired) electrons. The van der Waals surface area contributed by atoms with E-state index >= 15 is 0 Å². The number of ether oxygens (including phenoxy) is 1. The van der Waals surface area contributed by atoms with Crippen LogP contribution >= 0.6 is 0 Å². The Bertz CT molecular complexity index is 667. The van der Waals surface area contributed by atoms with Gasteiger partial charge in [-0.2, -0.15) is 0 Å². The van der Waals surface area contributed by atoms with E-state index < -0.39 is 0 Å². The van der Waals surface area contributed by atoms with E-state index in [0.717, 1.165) is 16.7 Å². The van der Waals surface area contributed by atoms with Crippen molar-refractivity contribution in [2.24, 2.45) is 4.99 Å². The molecule has 22 heavy (non-hydrogen) atoms. The molecule has 2 N–H and O–H groups in total. The largest absolute Gasteiger partial charge is 0.459 e. The molecular weight excluding hydrogens is 285 g/mol. The fraction of sp³-hybridized carbons (Fsp3) is 0.438. The van der Waals surface area contributed by atoms with Crippen LogP contribution in [-0.2, 0) is 11.3 Å². The van der Waals surface area contributed by atoms with Gasteiger partial charge >= 0.3 is 0 Å². The third kappa shape index (κ3) is 3.76. The van der Waals surface area contributed by atoms with Crippen LogP contribution < -0.4 is 10.6 Å². The summed E-state index contributed by atoms with van der Waals surface area (Å²) in [5, 5.41) is 7.20. The lowest BCUT2D eigenvalue weighted by molar-refractivity contribution is 0.179. The van der Waals surface area contributed by atoms with Crippen LogP contribution in [0, 0.1) is 12.7 Å². The maximum atomic E-state index is 13.3. The quantitative estimate of drug-likeness (QED) is 0.658. The van der Waals surface area contributed by atoms with Gasteiger partial charge in [0.25, 0.3) is 0 Å². The van der Waals surface area contributed by atoms with Gasteiger partial charge in [-0.05, 0) is 32.0 Å². The SMILES string of the molecule is CN=C(NCc1oc2ccc(F)cc2c1C)NC(C)COC. The lowest BCUT2D eigenvalue weighted by Crippen LogP contribution is -2.43. The highest BCUT2D eigenvalue weighted by Crippen LogP contribution is 2.25. The Labute approximate surface area is 129 Å². The summed E-state index contributed by atoms with van der Waals surface area (Å²) in [6.07, 6.45) is 0. The second-order valence-electron chi connectivity index (χ2n) is 5.22. The predicted octanol–water partition coefficient (Wildman–Crippen LogP) is 2.58. The minimum Gasteiger partial charge on any atom is -0.459 e. The van der Waals surface area contributed by atoms with Gasteiger partial charge in [-0.15, -0.1) is 0 Å². The number of aryl methyl sites for hydroxylation is 1. The number of nitrogens with zero attached hydrogens (tertiary/aromatic N) is 1. The van der Waals surface area contributed by atoms with E-state index in [0.29, 0.717) is 24.7 Å². The van der Waals surface area contributed by atoms with Gasteiger partial charge in [0.15, 0.2) is 5.96 Å². The molecule has 0 amide bonds. The standard InChI is InChI=1S/C16H22FN3O2/c1-10(9-21-4)20-16(18-3)19-8-15-11(2)13-7-12(17)5-6-14(13)22-15/h5-7,10H,8-9H2,1-4H3,(H2,18,19,20).